The molecule has 1 N–H and O–H groups in total. The molecule has 0 saturated heterocycles. The van der Waals surface area contributed by atoms with Crippen molar-refractivity contribution in [3.63, 3.8) is 0 Å². The number of aromatic nitrogens is 2. The zero-order chi connectivity index (χ0) is 15.2. The van der Waals surface area contributed by atoms with Crippen LogP contribution in [0.25, 0.3) is 0 Å². The third kappa shape index (κ3) is 4.81. The first-order chi connectivity index (χ1) is 10.1. The monoisotopic (exact) mass is 290 g/mol. The van der Waals surface area contributed by atoms with Gasteiger partial charge in [-0.25, -0.2) is 4.98 Å². The molecule has 1 aliphatic carbocycles. The van der Waals surface area contributed by atoms with Crippen molar-refractivity contribution in [2.24, 2.45) is 0 Å². The second-order valence-electron chi connectivity index (χ2n) is 5.43. The highest BCUT2D eigenvalue weighted by Crippen LogP contribution is 2.18. The van der Waals surface area contributed by atoms with Crippen molar-refractivity contribution in [2.45, 2.75) is 45.6 Å². The van der Waals surface area contributed by atoms with Crippen molar-refractivity contribution in [3.05, 3.63) is 23.8 Å². The Morgan fingerprint density at radius 3 is 2.62 bits per heavy atom. The lowest BCUT2D eigenvalue weighted by molar-refractivity contribution is -0.121. The summed E-state index contributed by atoms with van der Waals surface area (Å²) in [5, 5.41) is 2.93. The number of nitrogens with zero attached hydrogens (tertiary/aromatic N) is 3. The van der Waals surface area contributed by atoms with Crippen LogP contribution in [0.2, 0.25) is 0 Å². The van der Waals surface area contributed by atoms with E-state index in [1.807, 2.05) is 13.8 Å². The van der Waals surface area contributed by atoms with Crippen LogP contribution in [0, 0.1) is 6.92 Å². The minimum absolute atomic E-state index is 0.0152. The molecule has 1 aliphatic rings. The van der Waals surface area contributed by atoms with Gasteiger partial charge in [0.1, 0.15) is 5.69 Å². The van der Waals surface area contributed by atoms with Gasteiger partial charge in [-0.15, -0.1) is 0 Å². The van der Waals surface area contributed by atoms with E-state index in [1.54, 1.807) is 11.1 Å². The van der Waals surface area contributed by atoms with Gasteiger partial charge in [0.05, 0.1) is 11.9 Å². The molecule has 1 heterocycles. The molecule has 114 valence electrons. The van der Waals surface area contributed by atoms with Gasteiger partial charge < -0.3 is 10.2 Å². The topological polar surface area (TPSA) is 75.2 Å². The molecular formula is C15H22N4O2. The first-order valence-corrected chi connectivity index (χ1v) is 7.47. The molecule has 6 nitrogen and oxygen atoms in total. The fraction of sp³-hybridized carbons (Fsp3) is 0.600. The van der Waals surface area contributed by atoms with Crippen molar-refractivity contribution in [1.29, 1.82) is 0 Å². The Morgan fingerprint density at radius 1 is 1.29 bits per heavy atom. The third-order valence-corrected chi connectivity index (χ3v) is 3.33. The predicted octanol–water partition coefficient (Wildman–Crippen LogP) is 1.31. The Balaban J connectivity index is 1.91. The van der Waals surface area contributed by atoms with E-state index in [-0.39, 0.29) is 11.8 Å². The number of carbonyl (C=O) groups is 2. The maximum atomic E-state index is 12.4. The molecule has 0 aromatic carbocycles. The number of carbonyl (C=O) groups excluding carboxylic acids is 2. The van der Waals surface area contributed by atoms with E-state index in [0.29, 0.717) is 31.2 Å². The lowest BCUT2D eigenvalue weighted by Gasteiger charge is -2.21. The zero-order valence-electron chi connectivity index (χ0n) is 12.6. The summed E-state index contributed by atoms with van der Waals surface area (Å²) >= 11 is 0. The quantitative estimate of drug-likeness (QED) is 0.821. The summed E-state index contributed by atoms with van der Waals surface area (Å²) in [6.45, 7) is 4.87. The van der Waals surface area contributed by atoms with E-state index in [9.17, 15) is 9.59 Å². The van der Waals surface area contributed by atoms with Gasteiger partial charge in [0.15, 0.2) is 0 Å². The van der Waals surface area contributed by atoms with Crippen LogP contribution in [0.5, 0.6) is 0 Å². The van der Waals surface area contributed by atoms with Crippen LogP contribution in [-0.2, 0) is 4.79 Å². The van der Waals surface area contributed by atoms with Gasteiger partial charge in [0, 0.05) is 31.7 Å². The van der Waals surface area contributed by atoms with Crippen LogP contribution < -0.4 is 5.32 Å². The van der Waals surface area contributed by atoms with E-state index in [0.717, 1.165) is 25.0 Å². The fourth-order valence-electron chi connectivity index (χ4n) is 2.01. The van der Waals surface area contributed by atoms with Gasteiger partial charge in [-0.05, 0) is 26.2 Å². The van der Waals surface area contributed by atoms with E-state index in [2.05, 4.69) is 15.3 Å². The Labute approximate surface area is 125 Å². The Morgan fingerprint density at radius 2 is 2.05 bits per heavy atom. The van der Waals surface area contributed by atoms with E-state index >= 15 is 0 Å². The zero-order valence-corrected chi connectivity index (χ0v) is 12.6. The molecule has 1 aromatic rings. The van der Waals surface area contributed by atoms with Crippen molar-refractivity contribution < 1.29 is 9.59 Å². The van der Waals surface area contributed by atoms with Crippen LogP contribution in [0.4, 0.5) is 0 Å². The van der Waals surface area contributed by atoms with Crippen molar-refractivity contribution in [2.75, 3.05) is 13.1 Å². The molecule has 0 bridgehead atoms. The van der Waals surface area contributed by atoms with Gasteiger partial charge in [-0.1, -0.05) is 6.92 Å². The van der Waals surface area contributed by atoms with Crippen LogP contribution in [0.15, 0.2) is 12.4 Å². The first-order valence-electron chi connectivity index (χ1n) is 7.47. The molecule has 0 aliphatic heterocycles. The van der Waals surface area contributed by atoms with Gasteiger partial charge in [0.25, 0.3) is 5.91 Å². The average Bonchev–Trinajstić information content (AvgIpc) is 3.27. The number of aryl methyl sites for hydroxylation is 1. The molecule has 0 spiro atoms. The summed E-state index contributed by atoms with van der Waals surface area (Å²) in [6, 6.07) is 0.357. The smallest absolute Gasteiger partial charge is 0.274 e. The van der Waals surface area contributed by atoms with Gasteiger partial charge in [-0.2, -0.15) is 0 Å². The third-order valence-electron chi connectivity index (χ3n) is 3.33. The summed E-state index contributed by atoms with van der Waals surface area (Å²) in [5.41, 5.74) is 1.11. The summed E-state index contributed by atoms with van der Waals surface area (Å²) in [6.07, 6.45) is 6.39. The normalized spacial score (nSPS) is 13.8. The van der Waals surface area contributed by atoms with Crippen molar-refractivity contribution in [1.82, 2.24) is 20.2 Å². The number of rotatable bonds is 7. The summed E-state index contributed by atoms with van der Waals surface area (Å²) in [5.74, 6) is -0.148. The number of hydrogen-bond donors (Lipinski definition) is 1. The average molecular weight is 290 g/mol. The molecular weight excluding hydrogens is 268 g/mol. The molecule has 0 radical (unpaired) electrons. The van der Waals surface area contributed by atoms with Crippen molar-refractivity contribution in [3.8, 4) is 0 Å². The molecule has 1 fully saturated rings. The number of amides is 2. The van der Waals surface area contributed by atoms with Gasteiger partial charge in [0.2, 0.25) is 5.91 Å². The maximum Gasteiger partial charge on any atom is 0.274 e. The van der Waals surface area contributed by atoms with Crippen LogP contribution in [0.1, 0.15) is 48.8 Å². The van der Waals surface area contributed by atoms with Crippen LogP contribution in [0.3, 0.4) is 0 Å². The minimum atomic E-state index is -0.163. The Hall–Kier alpha value is -1.98. The van der Waals surface area contributed by atoms with Gasteiger partial charge >= 0.3 is 0 Å². The number of nitrogens with one attached hydrogen (secondary N) is 1. The van der Waals surface area contributed by atoms with E-state index < -0.39 is 0 Å². The minimum Gasteiger partial charge on any atom is -0.353 e. The van der Waals surface area contributed by atoms with E-state index in [4.69, 9.17) is 0 Å². The second-order valence-corrected chi connectivity index (χ2v) is 5.43. The largest absolute Gasteiger partial charge is 0.353 e. The molecule has 2 amide bonds. The fourth-order valence-corrected chi connectivity index (χ4v) is 2.01. The van der Waals surface area contributed by atoms with E-state index in [1.165, 1.54) is 6.20 Å². The molecule has 0 atom stereocenters. The number of hydrogen-bond acceptors (Lipinski definition) is 4. The molecule has 21 heavy (non-hydrogen) atoms. The lowest BCUT2D eigenvalue weighted by atomic mass is 10.3. The van der Waals surface area contributed by atoms with Gasteiger partial charge in [-0.3, -0.25) is 14.6 Å². The maximum absolute atomic E-state index is 12.4. The molecule has 6 heteroatoms. The highest BCUT2D eigenvalue weighted by molar-refractivity contribution is 5.92. The first kappa shape index (κ1) is 15.4. The van der Waals surface area contributed by atoms with Crippen LogP contribution in [-0.4, -0.2) is 45.8 Å². The molecule has 1 saturated carbocycles. The summed E-state index contributed by atoms with van der Waals surface area (Å²) < 4.78 is 0. The SMILES string of the molecule is CCCN(CCC(=O)NC1CC1)C(=O)c1cnc(C)cn1. The predicted molar refractivity (Wildman–Crippen MR) is 78.7 cm³/mol. The Kier molecular flexibility index (Phi) is 5.25. The summed E-state index contributed by atoms with van der Waals surface area (Å²) in [4.78, 5) is 34.0. The molecule has 1 aromatic heterocycles. The second kappa shape index (κ2) is 7.15. The molecule has 2 rings (SSSR count). The highest BCUT2D eigenvalue weighted by atomic mass is 16.2. The molecule has 0 unspecified atom stereocenters. The highest BCUT2D eigenvalue weighted by Gasteiger charge is 2.24. The van der Waals surface area contributed by atoms with Crippen LogP contribution >= 0.6 is 0 Å². The lowest BCUT2D eigenvalue weighted by Crippen LogP contribution is -2.36. The summed E-state index contributed by atoms with van der Waals surface area (Å²) in [7, 11) is 0. The Bertz CT molecular complexity index is 497. The van der Waals surface area contributed by atoms with Crippen molar-refractivity contribution >= 4 is 11.8 Å². The standard InChI is InChI=1S/C15H22N4O2/c1-3-7-19(8-6-14(20)18-12-4-5-12)15(21)13-10-16-11(2)9-17-13/h9-10,12H,3-8H2,1-2H3,(H,18,20).